The van der Waals surface area contributed by atoms with E-state index in [0.29, 0.717) is 29.1 Å². The van der Waals surface area contributed by atoms with E-state index in [1.54, 1.807) is 18.2 Å². The predicted molar refractivity (Wildman–Crippen MR) is 128 cm³/mol. The van der Waals surface area contributed by atoms with Gasteiger partial charge in [0.15, 0.2) is 11.5 Å². The fourth-order valence-corrected chi connectivity index (χ4v) is 5.01. The van der Waals surface area contributed by atoms with E-state index < -0.39 is 0 Å². The number of fused-ring (bicyclic) bond motifs is 1. The Hall–Kier alpha value is -2.77. The van der Waals surface area contributed by atoms with Crippen molar-refractivity contribution in [2.45, 2.75) is 57.2 Å². The SMILES string of the molecule is CC1(C)C[C@H](NC2CCN(c3ccc(NC(=O)c4ccc5c(c4)OCO5)cc3)CC2)CCO1. The highest BCUT2D eigenvalue weighted by molar-refractivity contribution is 6.04. The van der Waals surface area contributed by atoms with Crippen LogP contribution in [0, 0.1) is 0 Å². The van der Waals surface area contributed by atoms with Gasteiger partial charge < -0.3 is 29.7 Å². The van der Waals surface area contributed by atoms with Gasteiger partial charge in [-0.05, 0) is 82.0 Å². The van der Waals surface area contributed by atoms with Crippen molar-refractivity contribution in [1.82, 2.24) is 5.32 Å². The van der Waals surface area contributed by atoms with Gasteiger partial charge in [-0.15, -0.1) is 0 Å². The van der Waals surface area contributed by atoms with Crippen LogP contribution in [0.25, 0.3) is 0 Å². The monoisotopic (exact) mass is 451 g/mol. The third-order valence-electron chi connectivity index (χ3n) is 6.79. The number of nitrogens with one attached hydrogen (secondary N) is 2. The van der Waals surface area contributed by atoms with Crippen molar-refractivity contribution in [3.05, 3.63) is 48.0 Å². The number of amides is 1. The number of ether oxygens (including phenoxy) is 3. The van der Waals surface area contributed by atoms with Crippen LogP contribution in [0.2, 0.25) is 0 Å². The molecule has 7 heteroatoms. The van der Waals surface area contributed by atoms with Crippen LogP contribution in [0.5, 0.6) is 11.5 Å². The van der Waals surface area contributed by atoms with Crippen molar-refractivity contribution in [2.75, 3.05) is 36.7 Å². The molecule has 1 amide bonds. The number of nitrogens with zero attached hydrogens (tertiary/aromatic N) is 1. The summed E-state index contributed by atoms with van der Waals surface area (Å²) in [5, 5.41) is 6.84. The number of carbonyl (C=O) groups excluding carboxylic acids is 1. The highest BCUT2D eigenvalue weighted by Crippen LogP contribution is 2.33. The van der Waals surface area contributed by atoms with Gasteiger partial charge in [-0.3, -0.25) is 4.79 Å². The van der Waals surface area contributed by atoms with Crippen molar-refractivity contribution in [3.63, 3.8) is 0 Å². The molecule has 2 fully saturated rings. The molecule has 2 aromatic rings. The fraction of sp³-hybridized carbons (Fsp3) is 0.500. The molecule has 176 valence electrons. The molecule has 0 bridgehead atoms. The standard InChI is InChI=1S/C26H33N3O4/c1-26(2)16-21(11-14-33-26)27-20-9-12-29(13-10-20)22-6-4-19(5-7-22)28-25(30)18-3-8-23-24(15-18)32-17-31-23/h3-8,15,20-21,27H,9-14,16-17H2,1-2H3,(H,28,30)/t21-/m1/s1. The molecule has 2 saturated heterocycles. The van der Waals surface area contributed by atoms with Gasteiger partial charge in [0.2, 0.25) is 6.79 Å². The van der Waals surface area contributed by atoms with Gasteiger partial charge >= 0.3 is 0 Å². The quantitative estimate of drug-likeness (QED) is 0.711. The van der Waals surface area contributed by atoms with Gasteiger partial charge in [0.05, 0.1) is 5.60 Å². The smallest absolute Gasteiger partial charge is 0.255 e. The lowest BCUT2D eigenvalue weighted by molar-refractivity contribution is -0.0644. The van der Waals surface area contributed by atoms with Gasteiger partial charge in [-0.25, -0.2) is 0 Å². The van der Waals surface area contributed by atoms with Crippen LogP contribution >= 0.6 is 0 Å². The zero-order chi connectivity index (χ0) is 22.8. The third kappa shape index (κ3) is 5.25. The Labute approximate surface area is 195 Å². The summed E-state index contributed by atoms with van der Waals surface area (Å²) in [7, 11) is 0. The number of carbonyl (C=O) groups is 1. The topological polar surface area (TPSA) is 72.1 Å². The average Bonchev–Trinajstić information content (AvgIpc) is 3.27. The normalized spacial score (nSPS) is 22.2. The largest absolute Gasteiger partial charge is 0.454 e. The summed E-state index contributed by atoms with van der Waals surface area (Å²) in [6, 6.07) is 14.5. The fourth-order valence-electron chi connectivity index (χ4n) is 5.01. The van der Waals surface area contributed by atoms with Crippen LogP contribution in [0.1, 0.15) is 49.9 Å². The lowest BCUT2D eigenvalue weighted by Crippen LogP contribution is -2.50. The van der Waals surface area contributed by atoms with E-state index in [1.165, 1.54) is 5.69 Å². The second kappa shape index (κ2) is 9.23. The van der Waals surface area contributed by atoms with Gasteiger partial charge in [0, 0.05) is 48.7 Å². The first-order valence-corrected chi connectivity index (χ1v) is 11.9. The van der Waals surface area contributed by atoms with E-state index in [4.69, 9.17) is 14.2 Å². The number of benzene rings is 2. The molecule has 0 aliphatic carbocycles. The number of anilines is 2. The second-order valence-electron chi connectivity index (χ2n) is 9.79. The first kappa shape index (κ1) is 22.0. The van der Waals surface area contributed by atoms with Crippen LogP contribution < -0.4 is 25.0 Å². The van der Waals surface area contributed by atoms with E-state index in [9.17, 15) is 4.79 Å². The molecule has 0 saturated carbocycles. The highest BCUT2D eigenvalue weighted by Gasteiger charge is 2.31. The van der Waals surface area contributed by atoms with Crippen molar-refractivity contribution in [1.29, 1.82) is 0 Å². The molecule has 2 N–H and O–H groups in total. The van der Waals surface area contributed by atoms with E-state index in [0.717, 1.165) is 51.1 Å². The maximum atomic E-state index is 12.6. The summed E-state index contributed by atoms with van der Waals surface area (Å²) >= 11 is 0. The summed E-state index contributed by atoms with van der Waals surface area (Å²) in [5.74, 6) is 1.12. The zero-order valence-corrected chi connectivity index (χ0v) is 19.4. The molecule has 0 radical (unpaired) electrons. The molecule has 3 aliphatic rings. The summed E-state index contributed by atoms with van der Waals surface area (Å²) in [6.45, 7) is 7.49. The number of hydrogen-bond donors (Lipinski definition) is 2. The second-order valence-corrected chi connectivity index (χ2v) is 9.79. The lowest BCUT2D eigenvalue weighted by atomic mass is 9.92. The van der Waals surface area contributed by atoms with Crippen molar-refractivity contribution < 1.29 is 19.0 Å². The van der Waals surface area contributed by atoms with Gasteiger partial charge in [0.1, 0.15) is 0 Å². The highest BCUT2D eigenvalue weighted by atomic mass is 16.7. The number of hydrogen-bond acceptors (Lipinski definition) is 6. The Kier molecular flexibility index (Phi) is 6.17. The molecule has 33 heavy (non-hydrogen) atoms. The van der Waals surface area contributed by atoms with Gasteiger partial charge in [-0.2, -0.15) is 0 Å². The molecule has 2 aromatic carbocycles. The molecule has 0 spiro atoms. The summed E-state index contributed by atoms with van der Waals surface area (Å²) in [6.07, 6.45) is 4.45. The Morgan fingerprint density at radius 2 is 1.73 bits per heavy atom. The van der Waals surface area contributed by atoms with E-state index in [1.807, 2.05) is 12.1 Å². The van der Waals surface area contributed by atoms with Crippen LogP contribution in [-0.2, 0) is 4.74 Å². The first-order valence-electron chi connectivity index (χ1n) is 11.9. The van der Waals surface area contributed by atoms with Crippen LogP contribution in [-0.4, -0.2) is 50.1 Å². The molecule has 0 aromatic heterocycles. The molecule has 0 unspecified atom stereocenters. The molecule has 3 aliphatic heterocycles. The van der Waals surface area contributed by atoms with E-state index in [-0.39, 0.29) is 18.3 Å². The maximum absolute atomic E-state index is 12.6. The summed E-state index contributed by atoms with van der Waals surface area (Å²) in [4.78, 5) is 15.0. The predicted octanol–water partition coefficient (Wildman–Crippen LogP) is 4.18. The zero-order valence-electron chi connectivity index (χ0n) is 19.4. The molecule has 7 nitrogen and oxygen atoms in total. The Bertz CT molecular complexity index is 984. The van der Waals surface area contributed by atoms with Crippen LogP contribution in [0.3, 0.4) is 0 Å². The van der Waals surface area contributed by atoms with Crippen LogP contribution in [0.4, 0.5) is 11.4 Å². The third-order valence-corrected chi connectivity index (χ3v) is 6.79. The van der Waals surface area contributed by atoms with Crippen molar-refractivity contribution in [3.8, 4) is 11.5 Å². The van der Waals surface area contributed by atoms with Gasteiger partial charge in [0.25, 0.3) is 5.91 Å². The molecular formula is C26H33N3O4. The van der Waals surface area contributed by atoms with E-state index >= 15 is 0 Å². The van der Waals surface area contributed by atoms with E-state index in [2.05, 4.69) is 41.5 Å². The minimum atomic E-state index is -0.163. The van der Waals surface area contributed by atoms with Crippen molar-refractivity contribution >= 4 is 17.3 Å². The molecule has 5 rings (SSSR count). The lowest BCUT2D eigenvalue weighted by Gasteiger charge is -2.40. The number of piperidine rings is 1. The summed E-state index contributed by atoms with van der Waals surface area (Å²) < 4.78 is 16.5. The Balaban J connectivity index is 1.12. The molecule has 1 atom stereocenters. The first-order chi connectivity index (χ1) is 15.9. The maximum Gasteiger partial charge on any atom is 0.255 e. The number of rotatable bonds is 5. The van der Waals surface area contributed by atoms with Gasteiger partial charge in [-0.1, -0.05) is 0 Å². The van der Waals surface area contributed by atoms with Crippen molar-refractivity contribution in [2.24, 2.45) is 0 Å². The summed E-state index contributed by atoms with van der Waals surface area (Å²) in [5.41, 5.74) is 2.50. The van der Waals surface area contributed by atoms with Crippen LogP contribution in [0.15, 0.2) is 42.5 Å². The minimum absolute atomic E-state index is 0.0173. The molecular weight excluding hydrogens is 418 g/mol. The average molecular weight is 452 g/mol. The Morgan fingerprint density at radius 3 is 2.48 bits per heavy atom. The minimum Gasteiger partial charge on any atom is -0.454 e. The Morgan fingerprint density at radius 1 is 0.970 bits per heavy atom. The molecule has 3 heterocycles.